The molecule has 1 N–H and O–H groups in total. The van der Waals surface area contributed by atoms with Gasteiger partial charge in [0.1, 0.15) is 0 Å². The van der Waals surface area contributed by atoms with Gasteiger partial charge in [-0.2, -0.15) is 0 Å². The molecule has 25 heavy (non-hydrogen) atoms. The highest BCUT2D eigenvalue weighted by Gasteiger charge is 2.15. The number of esters is 1. The Labute approximate surface area is 142 Å². The lowest BCUT2D eigenvalue weighted by Gasteiger charge is -2.09. The molecule has 0 fully saturated rings. The van der Waals surface area contributed by atoms with Crippen LogP contribution in [0.5, 0.6) is 0 Å². The number of hydrogen-bond donors (Lipinski definition) is 1. The zero-order valence-corrected chi connectivity index (χ0v) is 13.3. The Morgan fingerprint density at radius 1 is 1.08 bits per heavy atom. The van der Waals surface area contributed by atoms with E-state index in [1.807, 2.05) is 0 Å². The molecule has 0 aliphatic carbocycles. The van der Waals surface area contributed by atoms with Crippen LogP contribution in [0.2, 0.25) is 0 Å². The van der Waals surface area contributed by atoms with Gasteiger partial charge in [-0.1, -0.05) is 6.07 Å². The highest BCUT2D eigenvalue weighted by Crippen LogP contribution is 2.27. The Kier molecular flexibility index (Phi) is 5.62. The Morgan fingerprint density at radius 3 is 2.44 bits per heavy atom. The average Bonchev–Trinajstić information content (AvgIpc) is 2.54. The molecule has 0 amide bonds. The van der Waals surface area contributed by atoms with E-state index in [1.54, 1.807) is 12.1 Å². The number of benzene rings is 2. The predicted molar refractivity (Wildman–Crippen MR) is 89.8 cm³/mol. The number of nitrogens with one attached hydrogen (secondary N) is 1. The lowest BCUT2D eigenvalue weighted by atomic mass is 10.1. The Hall–Kier alpha value is -3.49. The standard InChI is InChI=1S/C16H15N3O6/c1-11(20)25-8-7-12-9-14(5-6-16(12)19(23)24)17-13-3-2-4-15(10-13)18(21)22/h2-6,9-10,17H,7-8H2,1H3. The number of nitro groups is 2. The van der Waals surface area contributed by atoms with E-state index < -0.39 is 15.8 Å². The van der Waals surface area contributed by atoms with Crippen LogP contribution in [0, 0.1) is 20.2 Å². The van der Waals surface area contributed by atoms with Crippen LogP contribution in [0.15, 0.2) is 42.5 Å². The van der Waals surface area contributed by atoms with Crippen molar-refractivity contribution in [3.63, 3.8) is 0 Å². The first-order valence-corrected chi connectivity index (χ1v) is 7.29. The van der Waals surface area contributed by atoms with Crippen molar-refractivity contribution >= 4 is 28.7 Å². The molecule has 0 aliphatic rings. The fourth-order valence-electron chi connectivity index (χ4n) is 2.21. The Morgan fingerprint density at radius 2 is 1.80 bits per heavy atom. The molecule has 0 heterocycles. The van der Waals surface area contributed by atoms with Crippen LogP contribution in [-0.4, -0.2) is 22.4 Å². The molecule has 0 aromatic heterocycles. The number of non-ortho nitro benzene ring substituents is 1. The minimum absolute atomic E-state index is 0.0242. The normalized spacial score (nSPS) is 10.1. The monoisotopic (exact) mass is 345 g/mol. The summed E-state index contributed by atoms with van der Waals surface area (Å²) in [7, 11) is 0. The zero-order valence-electron chi connectivity index (χ0n) is 13.3. The molecule has 0 radical (unpaired) electrons. The fraction of sp³-hybridized carbons (Fsp3) is 0.188. The molecular formula is C16H15N3O6. The maximum absolute atomic E-state index is 11.1. The first-order chi connectivity index (χ1) is 11.9. The van der Waals surface area contributed by atoms with Gasteiger partial charge in [-0.25, -0.2) is 0 Å². The van der Waals surface area contributed by atoms with Crippen LogP contribution in [0.1, 0.15) is 12.5 Å². The number of rotatable bonds is 7. The summed E-state index contributed by atoms with van der Waals surface area (Å²) in [4.78, 5) is 31.7. The minimum Gasteiger partial charge on any atom is -0.466 e. The molecule has 9 nitrogen and oxygen atoms in total. The third kappa shape index (κ3) is 4.99. The number of ether oxygens (including phenoxy) is 1. The van der Waals surface area contributed by atoms with Gasteiger partial charge in [0.15, 0.2) is 0 Å². The Balaban J connectivity index is 2.23. The largest absolute Gasteiger partial charge is 0.466 e. The van der Waals surface area contributed by atoms with Crippen LogP contribution in [-0.2, 0) is 16.0 Å². The Bertz CT molecular complexity index is 821. The van der Waals surface area contributed by atoms with Gasteiger partial charge in [-0.05, 0) is 18.2 Å². The van der Waals surface area contributed by atoms with Gasteiger partial charge < -0.3 is 10.1 Å². The molecule has 9 heteroatoms. The third-order valence-corrected chi connectivity index (χ3v) is 3.30. The van der Waals surface area contributed by atoms with Gasteiger partial charge in [0.25, 0.3) is 11.4 Å². The van der Waals surface area contributed by atoms with E-state index in [9.17, 15) is 25.0 Å². The number of nitrogens with zero attached hydrogens (tertiary/aromatic N) is 2. The predicted octanol–water partition coefficient (Wildman–Crippen LogP) is 3.35. The summed E-state index contributed by atoms with van der Waals surface area (Å²) in [6.07, 6.45) is 0.181. The summed E-state index contributed by atoms with van der Waals surface area (Å²) in [6.45, 7) is 1.28. The molecule has 130 valence electrons. The SMILES string of the molecule is CC(=O)OCCc1cc(Nc2cccc([N+](=O)[O-])c2)ccc1[N+](=O)[O-]. The van der Waals surface area contributed by atoms with Crippen molar-refractivity contribution in [2.45, 2.75) is 13.3 Å². The van der Waals surface area contributed by atoms with Crippen molar-refractivity contribution in [1.82, 2.24) is 0 Å². The molecular weight excluding hydrogens is 330 g/mol. The molecule has 0 unspecified atom stereocenters. The third-order valence-electron chi connectivity index (χ3n) is 3.30. The summed E-state index contributed by atoms with van der Waals surface area (Å²) in [5.41, 5.74) is 1.25. The number of anilines is 2. The van der Waals surface area contributed by atoms with Crippen LogP contribution >= 0.6 is 0 Å². The smallest absolute Gasteiger partial charge is 0.302 e. The second-order valence-corrected chi connectivity index (χ2v) is 5.12. The number of carbonyl (C=O) groups is 1. The van der Waals surface area contributed by atoms with Crippen molar-refractivity contribution in [3.8, 4) is 0 Å². The maximum atomic E-state index is 11.1. The molecule has 0 saturated carbocycles. The van der Waals surface area contributed by atoms with Crippen LogP contribution < -0.4 is 5.32 Å². The molecule has 0 saturated heterocycles. The summed E-state index contributed by atoms with van der Waals surface area (Å²) < 4.78 is 4.82. The second-order valence-electron chi connectivity index (χ2n) is 5.12. The van der Waals surface area contributed by atoms with Crippen LogP contribution in [0.3, 0.4) is 0 Å². The highest BCUT2D eigenvalue weighted by atomic mass is 16.6. The molecule has 0 spiro atoms. The van der Waals surface area contributed by atoms with E-state index in [-0.39, 0.29) is 24.4 Å². The molecule has 2 rings (SSSR count). The maximum Gasteiger partial charge on any atom is 0.302 e. The van der Waals surface area contributed by atoms with Gasteiger partial charge >= 0.3 is 5.97 Å². The molecule has 0 bridgehead atoms. The zero-order chi connectivity index (χ0) is 18.4. The topological polar surface area (TPSA) is 125 Å². The summed E-state index contributed by atoms with van der Waals surface area (Å²) in [5.74, 6) is -0.464. The molecule has 0 aliphatic heterocycles. The van der Waals surface area contributed by atoms with E-state index in [1.165, 1.54) is 37.3 Å². The van der Waals surface area contributed by atoms with Crippen LogP contribution in [0.4, 0.5) is 22.7 Å². The van der Waals surface area contributed by atoms with Gasteiger partial charge in [-0.15, -0.1) is 0 Å². The average molecular weight is 345 g/mol. The second kappa shape index (κ2) is 7.86. The molecule has 2 aromatic rings. The number of hydrogen-bond acceptors (Lipinski definition) is 7. The summed E-state index contributed by atoms with van der Waals surface area (Å²) in [5, 5.41) is 24.9. The van der Waals surface area contributed by atoms with Gasteiger partial charge in [0.05, 0.1) is 16.5 Å². The molecule has 0 atom stereocenters. The molecule has 2 aromatic carbocycles. The van der Waals surface area contributed by atoms with E-state index in [2.05, 4.69) is 5.32 Å². The fourth-order valence-corrected chi connectivity index (χ4v) is 2.21. The van der Waals surface area contributed by atoms with Crippen molar-refractivity contribution in [2.24, 2.45) is 0 Å². The van der Waals surface area contributed by atoms with Crippen molar-refractivity contribution < 1.29 is 19.4 Å². The summed E-state index contributed by atoms with van der Waals surface area (Å²) >= 11 is 0. The van der Waals surface area contributed by atoms with Gasteiger partial charge in [0.2, 0.25) is 0 Å². The van der Waals surface area contributed by atoms with E-state index in [0.717, 1.165) is 0 Å². The summed E-state index contributed by atoms with van der Waals surface area (Å²) in [6, 6.07) is 10.3. The first-order valence-electron chi connectivity index (χ1n) is 7.29. The lowest BCUT2D eigenvalue weighted by molar-refractivity contribution is -0.385. The lowest BCUT2D eigenvalue weighted by Crippen LogP contribution is -2.05. The minimum atomic E-state index is -0.514. The van der Waals surface area contributed by atoms with E-state index in [4.69, 9.17) is 4.74 Å². The highest BCUT2D eigenvalue weighted by molar-refractivity contribution is 5.66. The first kappa shape index (κ1) is 17.9. The van der Waals surface area contributed by atoms with Gasteiger partial charge in [-0.3, -0.25) is 25.0 Å². The van der Waals surface area contributed by atoms with Gasteiger partial charge in [0, 0.05) is 48.5 Å². The number of carbonyl (C=O) groups excluding carboxylic acids is 1. The number of nitro benzene ring substituents is 2. The van der Waals surface area contributed by atoms with Crippen molar-refractivity contribution in [1.29, 1.82) is 0 Å². The van der Waals surface area contributed by atoms with Crippen molar-refractivity contribution in [3.05, 3.63) is 68.3 Å². The van der Waals surface area contributed by atoms with E-state index >= 15 is 0 Å². The van der Waals surface area contributed by atoms with Crippen LogP contribution in [0.25, 0.3) is 0 Å². The van der Waals surface area contributed by atoms with E-state index in [0.29, 0.717) is 16.9 Å². The quantitative estimate of drug-likeness (QED) is 0.463. The van der Waals surface area contributed by atoms with Crippen molar-refractivity contribution in [2.75, 3.05) is 11.9 Å².